The summed E-state index contributed by atoms with van der Waals surface area (Å²) in [7, 11) is 0. The van der Waals surface area contributed by atoms with Crippen molar-refractivity contribution in [2.75, 3.05) is 13.1 Å². The molecule has 2 amide bonds. The van der Waals surface area contributed by atoms with Crippen molar-refractivity contribution in [2.24, 2.45) is 5.92 Å². The summed E-state index contributed by atoms with van der Waals surface area (Å²) < 4.78 is 80.7. The molecule has 40 heavy (non-hydrogen) atoms. The van der Waals surface area contributed by atoms with Gasteiger partial charge in [-0.15, -0.1) is 11.3 Å². The lowest BCUT2D eigenvalue weighted by molar-refractivity contribution is -0.376. The van der Waals surface area contributed by atoms with E-state index in [0.717, 1.165) is 0 Å². The molecule has 17 heteroatoms. The van der Waals surface area contributed by atoms with Crippen molar-refractivity contribution in [1.29, 1.82) is 0 Å². The van der Waals surface area contributed by atoms with Crippen LogP contribution in [0.1, 0.15) is 52.5 Å². The number of halogens is 8. The molecular formula is C23H21Cl2F6N3O5S. The maximum absolute atomic E-state index is 13.4. The smallest absolute Gasteiger partial charge is 0.430 e. The van der Waals surface area contributed by atoms with Crippen LogP contribution in [0.2, 0.25) is 10.0 Å². The molecule has 1 heterocycles. The lowest BCUT2D eigenvalue weighted by Crippen LogP contribution is -2.54. The summed E-state index contributed by atoms with van der Waals surface area (Å²) in [5.74, 6) is -3.14. The Bertz CT molecular complexity index is 1310. The van der Waals surface area contributed by atoms with Gasteiger partial charge in [0, 0.05) is 30.3 Å². The van der Waals surface area contributed by atoms with E-state index in [1.54, 1.807) is 13.8 Å². The third kappa shape index (κ3) is 5.60. The van der Waals surface area contributed by atoms with Crippen LogP contribution in [0.25, 0.3) is 10.4 Å². The van der Waals surface area contributed by atoms with Crippen LogP contribution in [-0.2, 0) is 10.4 Å². The quantitative estimate of drug-likeness (QED) is 0.329. The molecule has 0 atom stereocenters. The van der Waals surface area contributed by atoms with Crippen LogP contribution < -0.4 is 5.32 Å². The van der Waals surface area contributed by atoms with E-state index < -0.39 is 63.3 Å². The Morgan fingerprint density at radius 1 is 1.05 bits per heavy atom. The fourth-order valence-electron chi connectivity index (χ4n) is 4.06. The standard InChI is InChI=1S/C23H21Cl2F6N3O5S/c1-3-34(4-2)19(36)15-16(40-18(33-15)17(35)32-10-7-9(8-10)20(37)38)11-5-6-12(14(25)13(11)24)21(39,22(26,27)28)23(29,30)31/h5-6,9-10,39H,3-4,7-8H2,1-2H3,(H,32,35)(H,37,38). The maximum atomic E-state index is 13.4. The lowest BCUT2D eigenvalue weighted by atomic mass is 9.80. The highest BCUT2D eigenvalue weighted by molar-refractivity contribution is 7.17. The highest BCUT2D eigenvalue weighted by Gasteiger charge is 2.72. The highest BCUT2D eigenvalue weighted by Crippen LogP contribution is 2.54. The molecule has 1 fully saturated rings. The van der Waals surface area contributed by atoms with Gasteiger partial charge in [-0.05, 0) is 26.7 Å². The summed E-state index contributed by atoms with van der Waals surface area (Å²) in [6, 6.07) is 0.516. The van der Waals surface area contributed by atoms with Gasteiger partial charge in [0.1, 0.15) is 5.69 Å². The first-order valence-corrected chi connectivity index (χ1v) is 13.1. The van der Waals surface area contributed by atoms with Gasteiger partial charge in [0.05, 0.1) is 20.8 Å². The van der Waals surface area contributed by atoms with Crippen LogP contribution >= 0.6 is 34.5 Å². The third-order valence-corrected chi connectivity index (χ3v) is 8.40. The molecule has 1 aliphatic rings. The number of aromatic nitrogens is 1. The highest BCUT2D eigenvalue weighted by atomic mass is 35.5. The predicted octanol–water partition coefficient (Wildman–Crippen LogP) is 5.50. The van der Waals surface area contributed by atoms with E-state index in [1.807, 2.05) is 0 Å². The van der Waals surface area contributed by atoms with E-state index in [1.165, 1.54) is 4.90 Å². The van der Waals surface area contributed by atoms with Crippen LogP contribution in [0.5, 0.6) is 0 Å². The van der Waals surface area contributed by atoms with Gasteiger partial charge in [-0.1, -0.05) is 35.3 Å². The molecule has 1 aromatic heterocycles. The molecule has 0 radical (unpaired) electrons. The number of benzene rings is 1. The number of carboxylic acid groups (broad SMARTS) is 1. The monoisotopic (exact) mass is 635 g/mol. The molecule has 1 saturated carbocycles. The molecule has 0 saturated heterocycles. The Morgan fingerprint density at radius 3 is 2.08 bits per heavy atom. The number of hydrogen-bond donors (Lipinski definition) is 3. The molecule has 0 bridgehead atoms. The molecule has 2 aromatic rings. The fraction of sp³-hybridized carbons (Fsp3) is 0.478. The van der Waals surface area contributed by atoms with Crippen LogP contribution in [0.15, 0.2) is 12.1 Å². The van der Waals surface area contributed by atoms with Gasteiger partial charge in [0.2, 0.25) is 0 Å². The summed E-state index contributed by atoms with van der Waals surface area (Å²) in [5, 5.41) is 19.0. The summed E-state index contributed by atoms with van der Waals surface area (Å²) in [5.41, 5.74) is -7.79. The number of aliphatic carboxylic acids is 1. The van der Waals surface area contributed by atoms with Crippen molar-refractivity contribution in [3.05, 3.63) is 38.4 Å². The number of alkyl halides is 6. The van der Waals surface area contributed by atoms with E-state index in [0.29, 0.717) is 17.4 Å². The number of nitrogens with one attached hydrogen (secondary N) is 1. The van der Waals surface area contributed by atoms with Crippen LogP contribution in [0.3, 0.4) is 0 Å². The summed E-state index contributed by atoms with van der Waals surface area (Å²) in [6.45, 7) is 3.68. The second-order valence-corrected chi connectivity index (χ2v) is 10.6. The van der Waals surface area contributed by atoms with Gasteiger partial charge in [-0.3, -0.25) is 14.4 Å². The fourth-order valence-corrected chi connectivity index (χ4v) is 5.67. The third-order valence-electron chi connectivity index (χ3n) is 6.43. The van der Waals surface area contributed by atoms with Crippen molar-refractivity contribution in [1.82, 2.24) is 15.2 Å². The van der Waals surface area contributed by atoms with Crippen LogP contribution in [-0.4, -0.2) is 69.4 Å². The first-order valence-electron chi connectivity index (χ1n) is 11.6. The number of amides is 2. The Morgan fingerprint density at radius 2 is 1.60 bits per heavy atom. The number of rotatable bonds is 8. The molecule has 0 aliphatic heterocycles. The molecule has 0 spiro atoms. The minimum absolute atomic E-state index is 0.161. The average Bonchev–Trinajstić information content (AvgIpc) is 3.26. The number of carbonyl (C=O) groups is 3. The van der Waals surface area contributed by atoms with Crippen molar-refractivity contribution < 1.29 is 50.9 Å². The zero-order valence-electron chi connectivity index (χ0n) is 20.6. The first-order chi connectivity index (χ1) is 18.4. The normalized spacial score (nSPS) is 17.8. The molecule has 3 rings (SSSR count). The van der Waals surface area contributed by atoms with Gasteiger partial charge in [0.25, 0.3) is 17.4 Å². The van der Waals surface area contributed by atoms with E-state index in [2.05, 4.69) is 10.3 Å². The van der Waals surface area contributed by atoms with Crippen molar-refractivity contribution in [2.45, 2.75) is 50.7 Å². The number of carboxylic acids is 1. The van der Waals surface area contributed by atoms with E-state index in [4.69, 9.17) is 28.3 Å². The summed E-state index contributed by atoms with van der Waals surface area (Å²) in [6.07, 6.45) is -12.1. The summed E-state index contributed by atoms with van der Waals surface area (Å²) >= 11 is 12.6. The van der Waals surface area contributed by atoms with Crippen molar-refractivity contribution in [3.63, 3.8) is 0 Å². The topological polar surface area (TPSA) is 120 Å². The van der Waals surface area contributed by atoms with Crippen molar-refractivity contribution >= 4 is 52.3 Å². The number of hydrogen-bond acceptors (Lipinski definition) is 6. The first kappa shape index (κ1) is 31.9. The maximum Gasteiger partial charge on any atom is 0.430 e. The zero-order chi connectivity index (χ0) is 30.4. The average molecular weight is 636 g/mol. The zero-order valence-corrected chi connectivity index (χ0v) is 22.9. The number of aliphatic hydroxyl groups is 1. The van der Waals surface area contributed by atoms with Gasteiger partial charge < -0.3 is 20.4 Å². The SMILES string of the molecule is CCN(CC)C(=O)c1nc(C(=O)NC2CC(C(=O)O)C2)sc1-c1ccc(C(O)(C(F)(F)F)C(F)(F)F)c(Cl)c1Cl. The summed E-state index contributed by atoms with van der Waals surface area (Å²) in [4.78, 5) is 42.2. The predicted molar refractivity (Wildman–Crippen MR) is 132 cm³/mol. The second-order valence-electron chi connectivity index (χ2n) is 8.85. The number of carbonyl (C=O) groups excluding carboxylic acids is 2. The van der Waals surface area contributed by atoms with Crippen LogP contribution in [0, 0.1) is 5.92 Å². The van der Waals surface area contributed by atoms with Gasteiger partial charge in [0.15, 0.2) is 5.01 Å². The Kier molecular flexibility index (Phi) is 9.04. The van der Waals surface area contributed by atoms with E-state index in [-0.39, 0.29) is 53.1 Å². The Balaban J connectivity index is 2.12. The lowest BCUT2D eigenvalue weighted by Gasteiger charge is -2.33. The largest absolute Gasteiger partial charge is 0.481 e. The minimum atomic E-state index is -6.22. The Labute approximate surface area is 236 Å². The number of thiazole rings is 1. The Hall–Kier alpha value is -2.62. The minimum Gasteiger partial charge on any atom is -0.481 e. The molecule has 220 valence electrons. The van der Waals surface area contributed by atoms with Gasteiger partial charge >= 0.3 is 18.3 Å². The molecule has 3 N–H and O–H groups in total. The molecule has 0 unspecified atom stereocenters. The van der Waals surface area contributed by atoms with Crippen molar-refractivity contribution in [3.8, 4) is 10.4 Å². The second kappa shape index (κ2) is 11.3. The molecule has 1 aromatic carbocycles. The molecular weight excluding hydrogens is 615 g/mol. The van der Waals surface area contributed by atoms with Crippen LogP contribution in [0.4, 0.5) is 26.3 Å². The van der Waals surface area contributed by atoms with E-state index in [9.17, 15) is 45.8 Å². The molecule has 1 aliphatic carbocycles. The van der Waals surface area contributed by atoms with Gasteiger partial charge in [-0.2, -0.15) is 26.3 Å². The van der Waals surface area contributed by atoms with Gasteiger partial charge in [-0.25, -0.2) is 4.98 Å². The van der Waals surface area contributed by atoms with E-state index >= 15 is 0 Å². The number of nitrogens with zero attached hydrogens (tertiary/aromatic N) is 2. The molecule has 8 nitrogen and oxygen atoms in total.